The molecule has 0 aliphatic carbocycles. The molecule has 0 bridgehead atoms. The van der Waals surface area contributed by atoms with E-state index in [1.807, 2.05) is 0 Å². The van der Waals surface area contributed by atoms with Crippen LogP contribution in [0.15, 0.2) is 18.2 Å². The van der Waals surface area contributed by atoms with Crippen LogP contribution in [-0.4, -0.2) is 12.4 Å². The molecule has 0 aromatic heterocycles. The van der Waals surface area contributed by atoms with Gasteiger partial charge in [0.05, 0.1) is 5.56 Å². The van der Waals surface area contributed by atoms with Crippen LogP contribution in [0.4, 0.5) is 17.6 Å². The van der Waals surface area contributed by atoms with Crippen molar-refractivity contribution in [3.63, 3.8) is 0 Å². The van der Waals surface area contributed by atoms with E-state index in [2.05, 4.69) is 4.74 Å². The third-order valence-electron chi connectivity index (χ3n) is 2.12. The number of hydrogen-bond donors (Lipinski definition) is 0. The van der Waals surface area contributed by atoms with Crippen molar-refractivity contribution in [1.82, 2.24) is 0 Å². The summed E-state index contributed by atoms with van der Waals surface area (Å²) in [6.45, 7) is -1.71. The molecule has 6 heteroatoms. The van der Waals surface area contributed by atoms with Crippen LogP contribution in [-0.2, 0) is 0 Å². The van der Waals surface area contributed by atoms with Gasteiger partial charge in [0.25, 0.3) is 6.43 Å². The summed E-state index contributed by atoms with van der Waals surface area (Å²) in [5.74, 6) is -1.20. The molecule has 0 unspecified atom stereocenters. The van der Waals surface area contributed by atoms with Crippen LogP contribution in [0.1, 0.15) is 35.7 Å². The largest absolute Gasteiger partial charge is 0.434 e. The number of benzene rings is 1. The van der Waals surface area contributed by atoms with Gasteiger partial charge in [-0.15, -0.1) is 0 Å². The average Bonchev–Trinajstić information content (AvgIpc) is 2.26. The summed E-state index contributed by atoms with van der Waals surface area (Å²) >= 11 is 0. The predicted molar refractivity (Wildman–Crippen MR) is 52.7 cm³/mol. The first-order chi connectivity index (χ1) is 7.97. The highest BCUT2D eigenvalue weighted by Crippen LogP contribution is 2.33. The minimum atomic E-state index is -3.21. The molecule has 0 saturated heterocycles. The first-order valence-electron chi connectivity index (χ1n) is 4.86. The van der Waals surface area contributed by atoms with Crippen molar-refractivity contribution in [3.8, 4) is 5.75 Å². The zero-order valence-corrected chi connectivity index (χ0v) is 8.92. The number of ether oxygens (including phenoxy) is 1. The molecule has 1 aromatic rings. The maximum Gasteiger partial charge on any atom is 0.387 e. The second-order valence-electron chi connectivity index (χ2n) is 3.17. The monoisotopic (exact) mass is 250 g/mol. The van der Waals surface area contributed by atoms with E-state index < -0.39 is 30.1 Å². The van der Waals surface area contributed by atoms with Crippen molar-refractivity contribution < 1.29 is 27.1 Å². The smallest absolute Gasteiger partial charge is 0.387 e. The quantitative estimate of drug-likeness (QED) is 0.586. The Morgan fingerprint density at radius 3 is 2.41 bits per heavy atom. The van der Waals surface area contributed by atoms with E-state index in [0.717, 1.165) is 6.07 Å². The Balaban J connectivity index is 3.26. The molecule has 0 N–H and O–H groups in total. The van der Waals surface area contributed by atoms with Crippen molar-refractivity contribution in [2.75, 3.05) is 0 Å². The highest BCUT2D eigenvalue weighted by atomic mass is 19.3. The second-order valence-corrected chi connectivity index (χ2v) is 3.17. The second kappa shape index (κ2) is 5.65. The number of halogens is 4. The molecule has 1 rings (SSSR count). The van der Waals surface area contributed by atoms with Crippen molar-refractivity contribution in [3.05, 3.63) is 29.3 Å². The van der Waals surface area contributed by atoms with E-state index in [9.17, 15) is 22.4 Å². The van der Waals surface area contributed by atoms with Crippen molar-refractivity contribution in [2.45, 2.75) is 26.4 Å². The minimum absolute atomic E-state index is 0.0118. The van der Waals surface area contributed by atoms with Gasteiger partial charge < -0.3 is 4.74 Å². The number of carbonyl (C=O) groups excluding carboxylic acids is 1. The van der Waals surface area contributed by atoms with E-state index in [4.69, 9.17) is 0 Å². The molecule has 1 aromatic carbocycles. The highest BCUT2D eigenvalue weighted by Gasteiger charge is 2.23. The third-order valence-corrected chi connectivity index (χ3v) is 2.12. The number of Topliss-reactive ketones (excluding diaryl/α,β-unsaturated/α-hetero) is 1. The molecule has 0 amide bonds. The summed E-state index contributed by atoms with van der Waals surface area (Å²) in [6, 6.07) is 3.39. The van der Waals surface area contributed by atoms with E-state index in [-0.39, 0.29) is 12.0 Å². The number of ketones is 1. The van der Waals surface area contributed by atoms with Gasteiger partial charge in [0.2, 0.25) is 0 Å². The Kier molecular flexibility index (Phi) is 4.48. The first-order valence-corrected chi connectivity index (χ1v) is 4.86. The van der Waals surface area contributed by atoms with Crippen LogP contribution in [0.3, 0.4) is 0 Å². The van der Waals surface area contributed by atoms with Crippen LogP contribution in [0.5, 0.6) is 5.75 Å². The maximum atomic E-state index is 12.8. The van der Waals surface area contributed by atoms with Gasteiger partial charge in [-0.1, -0.05) is 19.1 Å². The van der Waals surface area contributed by atoms with Gasteiger partial charge in [-0.3, -0.25) is 4.79 Å². The molecule has 0 radical (unpaired) electrons. The molecule has 0 aliphatic rings. The van der Waals surface area contributed by atoms with Gasteiger partial charge in [0.15, 0.2) is 5.78 Å². The summed E-state index contributed by atoms with van der Waals surface area (Å²) in [4.78, 5) is 11.4. The van der Waals surface area contributed by atoms with Gasteiger partial charge in [-0.25, -0.2) is 8.78 Å². The summed E-state index contributed by atoms with van der Waals surface area (Å²) < 4.78 is 53.5. The number of carbonyl (C=O) groups is 1. The number of alkyl halides is 4. The molecule has 2 nitrogen and oxygen atoms in total. The van der Waals surface area contributed by atoms with Crippen LogP contribution in [0, 0.1) is 0 Å². The zero-order valence-electron chi connectivity index (χ0n) is 8.92. The molecule has 0 heterocycles. The van der Waals surface area contributed by atoms with E-state index in [1.165, 1.54) is 19.1 Å². The standard InChI is InChI=1S/C11H10F4O2/c1-2-7(16)6-4-3-5-8(17-11(14)15)9(6)10(12)13/h3-5,10-11H,2H2,1H3. The van der Waals surface area contributed by atoms with E-state index in [0.29, 0.717) is 0 Å². The van der Waals surface area contributed by atoms with Crippen molar-refractivity contribution >= 4 is 5.78 Å². The summed E-state index contributed by atoms with van der Waals surface area (Å²) in [5.41, 5.74) is -1.06. The van der Waals surface area contributed by atoms with Crippen LogP contribution < -0.4 is 4.74 Å². The van der Waals surface area contributed by atoms with Gasteiger partial charge >= 0.3 is 6.61 Å². The lowest BCUT2D eigenvalue weighted by Crippen LogP contribution is -2.09. The lowest BCUT2D eigenvalue weighted by atomic mass is 10.0. The van der Waals surface area contributed by atoms with Gasteiger partial charge in [-0.2, -0.15) is 8.78 Å². The zero-order chi connectivity index (χ0) is 13.0. The Morgan fingerprint density at radius 1 is 1.29 bits per heavy atom. The molecular formula is C11H10F4O2. The molecule has 0 spiro atoms. The van der Waals surface area contributed by atoms with Gasteiger partial charge in [-0.05, 0) is 6.07 Å². The number of rotatable bonds is 5. The Morgan fingerprint density at radius 2 is 1.94 bits per heavy atom. The molecule has 17 heavy (non-hydrogen) atoms. The topological polar surface area (TPSA) is 26.3 Å². The van der Waals surface area contributed by atoms with E-state index >= 15 is 0 Å². The average molecular weight is 250 g/mol. The van der Waals surface area contributed by atoms with Gasteiger partial charge in [0, 0.05) is 12.0 Å². The fourth-order valence-electron chi connectivity index (χ4n) is 1.40. The van der Waals surface area contributed by atoms with Crippen LogP contribution >= 0.6 is 0 Å². The molecule has 0 fully saturated rings. The number of hydrogen-bond acceptors (Lipinski definition) is 2. The lowest BCUT2D eigenvalue weighted by Gasteiger charge is -2.13. The molecule has 94 valence electrons. The Bertz CT molecular complexity index is 404. The van der Waals surface area contributed by atoms with E-state index in [1.54, 1.807) is 0 Å². The SMILES string of the molecule is CCC(=O)c1cccc(OC(F)F)c1C(F)F. The van der Waals surface area contributed by atoms with Crippen molar-refractivity contribution in [1.29, 1.82) is 0 Å². The van der Waals surface area contributed by atoms with Gasteiger partial charge in [0.1, 0.15) is 5.75 Å². The summed E-state index contributed by atoms with van der Waals surface area (Å²) in [5, 5.41) is 0. The predicted octanol–water partition coefficient (Wildman–Crippen LogP) is 3.82. The third kappa shape index (κ3) is 3.18. The Labute approximate surface area is 95.2 Å². The van der Waals surface area contributed by atoms with Crippen LogP contribution in [0.2, 0.25) is 0 Å². The first kappa shape index (κ1) is 13.5. The molecule has 0 atom stereocenters. The Hall–Kier alpha value is -1.59. The minimum Gasteiger partial charge on any atom is -0.434 e. The van der Waals surface area contributed by atoms with Crippen molar-refractivity contribution in [2.24, 2.45) is 0 Å². The molecule has 0 aliphatic heterocycles. The van der Waals surface area contributed by atoms with Crippen LogP contribution in [0.25, 0.3) is 0 Å². The fourth-order valence-corrected chi connectivity index (χ4v) is 1.40. The fraction of sp³-hybridized carbons (Fsp3) is 0.364. The maximum absolute atomic E-state index is 12.8. The lowest BCUT2D eigenvalue weighted by molar-refractivity contribution is -0.0520. The molecular weight excluding hydrogens is 240 g/mol. The highest BCUT2D eigenvalue weighted by molar-refractivity contribution is 5.98. The molecule has 0 saturated carbocycles. The normalized spacial score (nSPS) is 11.0. The summed E-state index contributed by atoms with van der Waals surface area (Å²) in [6.07, 6.45) is -3.03. The summed E-state index contributed by atoms with van der Waals surface area (Å²) in [7, 11) is 0.